The highest BCUT2D eigenvalue weighted by Crippen LogP contribution is 2.40. The number of hydrogen-bond donors (Lipinski definition) is 4. The molecule has 9 nitrogen and oxygen atoms in total. The molecule has 0 aliphatic carbocycles. The van der Waals surface area contributed by atoms with E-state index >= 15 is 0 Å². The molecule has 1 unspecified atom stereocenters. The van der Waals surface area contributed by atoms with E-state index in [4.69, 9.17) is 9.84 Å². The molecule has 4 aromatic rings. The SMILES string of the molecule is O=S(=O)(NCCO)c1ccc(-c2[nH]c3ncnc(NCC4CCCO4)c3c2-c2ccccc2)cc1. The molecule has 0 radical (unpaired) electrons. The van der Waals surface area contributed by atoms with Crippen molar-refractivity contribution in [3.05, 3.63) is 60.9 Å². The first-order valence-electron chi connectivity index (χ1n) is 11.6. The van der Waals surface area contributed by atoms with E-state index in [-0.39, 0.29) is 24.2 Å². The van der Waals surface area contributed by atoms with Crippen LogP contribution in [0.2, 0.25) is 0 Å². The third-order valence-electron chi connectivity index (χ3n) is 6.03. The molecule has 1 aliphatic heterocycles. The molecule has 35 heavy (non-hydrogen) atoms. The van der Waals surface area contributed by atoms with Crippen LogP contribution in [0, 0.1) is 0 Å². The molecule has 2 aromatic heterocycles. The third-order valence-corrected chi connectivity index (χ3v) is 7.51. The summed E-state index contributed by atoms with van der Waals surface area (Å²) in [5, 5.41) is 13.3. The minimum absolute atomic E-state index is 0.0371. The number of anilines is 1. The lowest BCUT2D eigenvalue weighted by atomic mass is 9.99. The second kappa shape index (κ2) is 10.1. The Morgan fingerprint density at radius 1 is 1.06 bits per heavy atom. The number of H-pyrrole nitrogens is 1. The number of nitrogens with zero attached hydrogens (tertiary/aromatic N) is 2. The summed E-state index contributed by atoms with van der Waals surface area (Å²) >= 11 is 0. The minimum Gasteiger partial charge on any atom is -0.395 e. The lowest BCUT2D eigenvalue weighted by Gasteiger charge is -2.13. The molecule has 0 spiro atoms. The molecule has 3 heterocycles. The van der Waals surface area contributed by atoms with Gasteiger partial charge in [-0.15, -0.1) is 0 Å². The quantitative estimate of drug-likeness (QED) is 0.282. The van der Waals surface area contributed by atoms with Crippen molar-refractivity contribution in [2.75, 3.05) is 31.6 Å². The number of sulfonamides is 1. The number of hydrogen-bond acceptors (Lipinski definition) is 7. The van der Waals surface area contributed by atoms with Crippen molar-refractivity contribution in [3.63, 3.8) is 0 Å². The van der Waals surface area contributed by atoms with Gasteiger partial charge in [-0.2, -0.15) is 0 Å². The summed E-state index contributed by atoms with van der Waals surface area (Å²) in [7, 11) is -3.69. The lowest BCUT2D eigenvalue weighted by molar-refractivity contribution is 0.120. The van der Waals surface area contributed by atoms with Crippen molar-refractivity contribution in [1.29, 1.82) is 0 Å². The molecule has 4 N–H and O–H groups in total. The highest BCUT2D eigenvalue weighted by molar-refractivity contribution is 7.89. The average Bonchev–Trinajstić information content (AvgIpc) is 3.55. The largest absolute Gasteiger partial charge is 0.395 e. The summed E-state index contributed by atoms with van der Waals surface area (Å²) in [6.45, 7) is 1.15. The molecule has 2 aromatic carbocycles. The number of fused-ring (bicyclic) bond motifs is 1. The van der Waals surface area contributed by atoms with Crippen molar-refractivity contribution in [2.24, 2.45) is 0 Å². The van der Waals surface area contributed by atoms with Gasteiger partial charge >= 0.3 is 0 Å². The number of benzene rings is 2. The van der Waals surface area contributed by atoms with Crippen LogP contribution >= 0.6 is 0 Å². The zero-order chi connectivity index (χ0) is 24.3. The molecular weight excluding hydrogens is 466 g/mol. The zero-order valence-electron chi connectivity index (χ0n) is 19.1. The Hall–Kier alpha value is -3.31. The predicted octanol–water partition coefficient (Wildman–Crippen LogP) is 3.15. The van der Waals surface area contributed by atoms with Gasteiger partial charge in [-0.25, -0.2) is 23.1 Å². The van der Waals surface area contributed by atoms with E-state index in [0.29, 0.717) is 12.2 Å². The van der Waals surface area contributed by atoms with Crippen LogP contribution in [-0.2, 0) is 14.8 Å². The standard InChI is InChI=1S/C25H27N5O4S/c31-13-12-29-35(32,33)20-10-8-18(9-11-20)23-21(17-5-2-1-3-6-17)22-24(27-16-28-25(22)30-23)26-15-19-7-4-14-34-19/h1-3,5-6,8-11,16,19,29,31H,4,7,12-15H2,(H2,26,27,28,30). The zero-order valence-corrected chi connectivity index (χ0v) is 19.9. The fourth-order valence-electron chi connectivity index (χ4n) is 4.35. The van der Waals surface area contributed by atoms with Crippen molar-refractivity contribution in [3.8, 4) is 22.4 Å². The van der Waals surface area contributed by atoms with E-state index in [9.17, 15) is 8.42 Å². The Labute approximate surface area is 203 Å². The number of aliphatic hydroxyl groups is 1. The number of aromatic nitrogens is 3. The van der Waals surface area contributed by atoms with Crippen LogP contribution in [0.5, 0.6) is 0 Å². The van der Waals surface area contributed by atoms with E-state index in [1.165, 1.54) is 6.33 Å². The fraction of sp³-hybridized carbons (Fsp3) is 0.280. The van der Waals surface area contributed by atoms with Crippen LogP contribution in [-0.4, -0.2) is 60.9 Å². The molecule has 0 amide bonds. The molecule has 1 saturated heterocycles. The van der Waals surface area contributed by atoms with Crippen molar-refractivity contribution in [2.45, 2.75) is 23.8 Å². The number of aliphatic hydroxyl groups excluding tert-OH is 1. The average molecular weight is 494 g/mol. The van der Waals surface area contributed by atoms with Gasteiger partial charge in [-0.05, 0) is 36.1 Å². The molecule has 1 atom stereocenters. The van der Waals surface area contributed by atoms with Gasteiger partial charge in [0.2, 0.25) is 10.0 Å². The van der Waals surface area contributed by atoms with Gasteiger partial charge in [0.1, 0.15) is 17.8 Å². The summed E-state index contributed by atoms with van der Waals surface area (Å²) in [6, 6.07) is 16.6. The van der Waals surface area contributed by atoms with Crippen LogP contribution in [0.3, 0.4) is 0 Å². The van der Waals surface area contributed by atoms with E-state index in [1.54, 1.807) is 24.3 Å². The number of rotatable bonds is 9. The highest BCUT2D eigenvalue weighted by atomic mass is 32.2. The Kier molecular flexibility index (Phi) is 6.78. The van der Waals surface area contributed by atoms with Crippen molar-refractivity contribution < 1.29 is 18.3 Å². The van der Waals surface area contributed by atoms with Crippen LogP contribution in [0.4, 0.5) is 5.82 Å². The van der Waals surface area contributed by atoms with Gasteiger partial charge in [0, 0.05) is 25.3 Å². The number of aromatic amines is 1. The van der Waals surface area contributed by atoms with Crippen LogP contribution in [0.15, 0.2) is 65.8 Å². The molecule has 1 aliphatic rings. The highest BCUT2D eigenvalue weighted by Gasteiger charge is 2.22. The first kappa shape index (κ1) is 23.4. The Morgan fingerprint density at radius 3 is 2.57 bits per heavy atom. The maximum absolute atomic E-state index is 12.4. The smallest absolute Gasteiger partial charge is 0.240 e. The molecular formula is C25H27N5O4S. The Bertz CT molecular complexity index is 1400. The van der Waals surface area contributed by atoms with Gasteiger partial charge in [0.05, 0.1) is 28.7 Å². The summed E-state index contributed by atoms with van der Waals surface area (Å²) in [5.41, 5.74) is 4.24. The Morgan fingerprint density at radius 2 is 1.86 bits per heavy atom. The lowest BCUT2D eigenvalue weighted by Crippen LogP contribution is -2.26. The molecule has 10 heteroatoms. The van der Waals surface area contributed by atoms with Crippen LogP contribution < -0.4 is 10.0 Å². The summed E-state index contributed by atoms with van der Waals surface area (Å²) in [4.78, 5) is 12.6. The summed E-state index contributed by atoms with van der Waals surface area (Å²) in [5.74, 6) is 0.722. The van der Waals surface area contributed by atoms with Gasteiger partial charge in [-0.1, -0.05) is 42.5 Å². The molecule has 0 saturated carbocycles. The minimum atomic E-state index is -3.69. The van der Waals surface area contributed by atoms with Crippen molar-refractivity contribution in [1.82, 2.24) is 19.7 Å². The maximum atomic E-state index is 12.4. The van der Waals surface area contributed by atoms with E-state index in [1.807, 2.05) is 30.3 Å². The second-order valence-corrected chi connectivity index (χ2v) is 10.1. The fourth-order valence-corrected chi connectivity index (χ4v) is 5.37. The predicted molar refractivity (Wildman–Crippen MR) is 134 cm³/mol. The monoisotopic (exact) mass is 493 g/mol. The second-order valence-electron chi connectivity index (χ2n) is 8.35. The van der Waals surface area contributed by atoms with E-state index in [0.717, 1.165) is 53.0 Å². The molecule has 1 fully saturated rings. The van der Waals surface area contributed by atoms with E-state index < -0.39 is 10.0 Å². The normalized spacial score (nSPS) is 16.1. The summed E-state index contributed by atoms with van der Waals surface area (Å²) < 4.78 is 33.0. The topological polar surface area (TPSA) is 129 Å². The summed E-state index contributed by atoms with van der Waals surface area (Å²) in [6.07, 6.45) is 3.77. The third kappa shape index (κ3) is 4.92. The number of nitrogens with one attached hydrogen (secondary N) is 3. The van der Waals surface area contributed by atoms with Crippen LogP contribution in [0.1, 0.15) is 12.8 Å². The van der Waals surface area contributed by atoms with Crippen LogP contribution in [0.25, 0.3) is 33.4 Å². The van der Waals surface area contributed by atoms with E-state index in [2.05, 4.69) is 25.0 Å². The molecule has 182 valence electrons. The van der Waals surface area contributed by atoms with Crippen molar-refractivity contribution >= 4 is 26.9 Å². The molecule has 5 rings (SSSR count). The van der Waals surface area contributed by atoms with Gasteiger partial charge in [0.15, 0.2) is 0 Å². The van der Waals surface area contributed by atoms with Gasteiger partial charge < -0.3 is 20.1 Å². The first-order valence-corrected chi connectivity index (χ1v) is 13.0. The maximum Gasteiger partial charge on any atom is 0.240 e. The van der Waals surface area contributed by atoms with Gasteiger partial charge in [0.25, 0.3) is 0 Å². The molecule has 0 bridgehead atoms. The van der Waals surface area contributed by atoms with Gasteiger partial charge in [-0.3, -0.25) is 0 Å². The first-order chi connectivity index (χ1) is 17.1. The number of ether oxygens (including phenoxy) is 1. The Balaban J connectivity index is 1.58.